The number of carbonyl (C=O) groups excluding carboxylic acids is 1. The highest BCUT2D eigenvalue weighted by Crippen LogP contribution is 2.31. The molecular formula is C12H11ClN2O4S. The van der Waals surface area contributed by atoms with Gasteiger partial charge in [0.2, 0.25) is 5.91 Å². The lowest BCUT2D eigenvalue weighted by Crippen LogP contribution is -2.15. The van der Waals surface area contributed by atoms with E-state index in [9.17, 15) is 9.59 Å². The Labute approximate surface area is 124 Å². The minimum atomic E-state index is -1.17. The quantitative estimate of drug-likeness (QED) is 0.781. The normalized spacial score (nSPS) is 9.65. The van der Waals surface area contributed by atoms with Crippen molar-refractivity contribution in [2.75, 3.05) is 23.9 Å². The summed E-state index contributed by atoms with van der Waals surface area (Å²) < 4.78 is 4.94. The molecule has 8 heteroatoms. The number of carbonyl (C=O) groups is 2. The van der Waals surface area contributed by atoms with Gasteiger partial charge in [-0.2, -0.15) is 5.26 Å². The number of anilines is 1. The molecular weight excluding hydrogens is 304 g/mol. The summed E-state index contributed by atoms with van der Waals surface area (Å²) in [7, 11) is 1.32. The number of methoxy groups -OCH3 is 1. The van der Waals surface area contributed by atoms with E-state index in [1.165, 1.54) is 19.2 Å². The van der Waals surface area contributed by atoms with Crippen LogP contribution in [0.3, 0.4) is 0 Å². The number of nitriles is 1. The van der Waals surface area contributed by atoms with Crippen LogP contribution in [0.25, 0.3) is 0 Å². The molecule has 0 fully saturated rings. The molecule has 0 aromatic heterocycles. The molecule has 6 nitrogen and oxygen atoms in total. The Morgan fingerprint density at radius 2 is 2.25 bits per heavy atom. The van der Waals surface area contributed by atoms with Gasteiger partial charge in [-0.1, -0.05) is 11.6 Å². The number of nitrogens with one attached hydrogen (secondary N) is 1. The maximum Gasteiger partial charge on any atom is 0.339 e. The minimum Gasteiger partial charge on any atom is -0.496 e. The van der Waals surface area contributed by atoms with Crippen LogP contribution in [0.5, 0.6) is 5.75 Å². The number of ether oxygens (including phenoxy) is 1. The highest BCUT2D eigenvalue weighted by Gasteiger charge is 2.16. The van der Waals surface area contributed by atoms with Gasteiger partial charge in [0.05, 0.1) is 35.4 Å². The third-order valence-electron chi connectivity index (χ3n) is 2.19. The molecule has 0 saturated carbocycles. The zero-order valence-corrected chi connectivity index (χ0v) is 12.0. The molecule has 0 bridgehead atoms. The Balaban J connectivity index is 2.89. The van der Waals surface area contributed by atoms with E-state index in [0.29, 0.717) is 0 Å². The summed E-state index contributed by atoms with van der Waals surface area (Å²) >= 11 is 7.08. The minimum absolute atomic E-state index is 0.0886. The highest BCUT2D eigenvalue weighted by atomic mass is 35.5. The number of hydrogen-bond acceptors (Lipinski definition) is 5. The van der Waals surface area contributed by atoms with Crippen LogP contribution in [0.15, 0.2) is 12.1 Å². The number of carboxylic acids is 1. The molecule has 1 rings (SSSR count). The largest absolute Gasteiger partial charge is 0.496 e. The van der Waals surface area contributed by atoms with Crippen molar-refractivity contribution in [2.24, 2.45) is 0 Å². The molecule has 2 N–H and O–H groups in total. The Bertz CT molecular complexity index is 571. The number of halogens is 1. The van der Waals surface area contributed by atoms with Crippen molar-refractivity contribution >= 4 is 40.9 Å². The summed E-state index contributed by atoms with van der Waals surface area (Å²) in [6.45, 7) is 0. The van der Waals surface area contributed by atoms with Gasteiger partial charge >= 0.3 is 5.97 Å². The lowest BCUT2D eigenvalue weighted by atomic mass is 10.2. The predicted molar refractivity (Wildman–Crippen MR) is 76.5 cm³/mol. The van der Waals surface area contributed by atoms with E-state index in [1.807, 2.05) is 6.07 Å². The zero-order chi connectivity index (χ0) is 15.1. The molecule has 0 radical (unpaired) electrons. The number of amides is 1. The maximum absolute atomic E-state index is 11.6. The van der Waals surface area contributed by atoms with Crippen LogP contribution in [0, 0.1) is 11.3 Å². The summed E-state index contributed by atoms with van der Waals surface area (Å²) in [5.74, 6) is -1.10. The monoisotopic (exact) mass is 314 g/mol. The van der Waals surface area contributed by atoms with Crippen LogP contribution >= 0.6 is 23.4 Å². The van der Waals surface area contributed by atoms with Gasteiger partial charge in [0.15, 0.2) is 0 Å². The Kier molecular flexibility index (Phi) is 6.15. The first kappa shape index (κ1) is 16.1. The molecule has 106 valence electrons. The molecule has 0 aliphatic heterocycles. The van der Waals surface area contributed by atoms with Crippen LogP contribution in [-0.2, 0) is 4.79 Å². The first-order valence-electron chi connectivity index (χ1n) is 5.35. The van der Waals surface area contributed by atoms with Crippen molar-refractivity contribution in [2.45, 2.75) is 0 Å². The third kappa shape index (κ3) is 4.33. The number of thioether (sulfide) groups is 1. The smallest absolute Gasteiger partial charge is 0.339 e. The molecule has 0 unspecified atom stereocenters. The summed E-state index contributed by atoms with van der Waals surface area (Å²) in [4.78, 5) is 22.6. The summed E-state index contributed by atoms with van der Waals surface area (Å²) in [5, 5.41) is 20.0. The summed E-state index contributed by atoms with van der Waals surface area (Å²) in [6.07, 6.45) is 0. The van der Waals surface area contributed by atoms with Crippen LogP contribution in [0.1, 0.15) is 10.4 Å². The van der Waals surface area contributed by atoms with Gasteiger partial charge in [-0.05, 0) is 6.07 Å². The van der Waals surface area contributed by atoms with E-state index < -0.39 is 5.97 Å². The number of rotatable bonds is 6. The fourth-order valence-corrected chi connectivity index (χ4v) is 2.02. The van der Waals surface area contributed by atoms with Gasteiger partial charge in [0.25, 0.3) is 0 Å². The molecule has 0 saturated heterocycles. The molecule has 1 aromatic rings. The zero-order valence-electron chi connectivity index (χ0n) is 10.5. The second-order valence-corrected chi connectivity index (χ2v) is 4.93. The summed E-state index contributed by atoms with van der Waals surface area (Å²) in [5.41, 5.74) is 0.172. The highest BCUT2D eigenvalue weighted by molar-refractivity contribution is 8.00. The first-order chi connectivity index (χ1) is 9.49. The number of hydrogen-bond donors (Lipinski definition) is 2. The van der Waals surface area contributed by atoms with Crippen molar-refractivity contribution in [1.82, 2.24) is 0 Å². The van der Waals surface area contributed by atoms with E-state index in [4.69, 9.17) is 26.7 Å². The van der Waals surface area contributed by atoms with Gasteiger partial charge in [-0.15, -0.1) is 11.8 Å². The van der Waals surface area contributed by atoms with Crippen molar-refractivity contribution in [1.29, 1.82) is 5.26 Å². The third-order valence-corrected chi connectivity index (χ3v) is 3.31. The predicted octanol–water partition coefficient (Wildman–Crippen LogP) is 2.24. The van der Waals surface area contributed by atoms with Crippen molar-refractivity contribution in [3.8, 4) is 11.8 Å². The average Bonchev–Trinajstić information content (AvgIpc) is 2.40. The van der Waals surface area contributed by atoms with E-state index >= 15 is 0 Å². The topological polar surface area (TPSA) is 99.4 Å². The number of benzene rings is 1. The van der Waals surface area contributed by atoms with Gasteiger partial charge < -0.3 is 15.2 Å². The number of nitrogens with zero attached hydrogens (tertiary/aromatic N) is 1. The fraction of sp³-hybridized carbons (Fsp3) is 0.250. The lowest BCUT2D eigenvalue weighted by molar-refractivity contribution is -0.113. The Hall–Kier alpha value is -1.91. The van der Waals surface area contributed by atoms with E-state index in [2.05, 4.69) is 5.32 Å². The van der Waals surface area contributed by atoms with Gasteiger partial charge in [0, 0.05) is 6.07 Å². The van der Waals surface area contributed by atoms with E-state index in [-0.39, 0.29) is 39.4 Å². The molecule has 1 amide bonds. The molecule has 1 aromatic carbocycles. The Morgan fingerprint density at radius 3 is 2.80 bits per heavy atom. The van der Waals surface area contributed by atoms with E-state index in [0.717, 1.165) is 11.8 Å². The van der Waals surface area contributed by atoms with Crippen molar-refractivity contribution in [3.63, 3.8) is 0 Å². The second kappa shape index (κ2) is 7.62. The first-order valence-corrected chi connectivity index (χ1v) is 6.88. The average molecular weight is 315 g/mol. The maximum atomic E-state index is 11.6. The molecule has 20 heavy (non-hydrogen) atoms. The van der Waals surface area contributed by atoms with Crippen molar-refractivity contribution < 1.29 is 19.4 Å². The van der Waals surface area contributed by atoms with Gasteiger partial charge in [0.1, 0.15) is 11.3 Å². The van der Waals surface area contributed by atoms with Gasteiger partial charge in [-0.25, -0.2) is 4.79 Å². The van der Waals surface area contributed by atoms with Crippen LogP contribution < -0.4 is 10.1 Å². The number of aromatic carboxylic acids is 1. The van der Waals surface area contributed by atoms with Crippen LogP contribution in [0.2, 0.25) is 5.02 Å². The van der Waals surface area contributed by atoms with Crippen LogP contribution in [-0.4, -0.2) is 35.6 Å². The molecule has 0 heterocycles. The number of carboxylic acid groups (broad SMARTS) is 1. The molecule has 0 spiro atoms. The van der Waals surface area contributed by atoms with E-state index in [1.54, 1.807) is 0 Å². The summed E-state index contributed by atoms with van der Waals surface area (Å²) in [6, 6.07) is 4.46. The standard InChI is InChI=1S/C12H11ClN2O4S/c1-19-10-5-9(8(13)4-7(10)12(17)18)15-11(16)6-20-3-2-14/h4-5H,3,6H2,1H3,(H,15,16)(H,17,18). The lowest BCUT2D eigenvalue weighted by Gasteiger charge is -2.11. The van der Waals surface area contributed by atoms with Crippen LogP contribution in [0.4, 0.5) is 5.69 Å². The molecule has 0 aliphatic carbocycles. The molecule has 0 aliphatic rings. The fourth-order valence-electron chi connectivity index (χ4n) is 1.36. The second-order valence-electron chi connectivity index (χ2n) is 3.54. The molecule has 0 atom stereocenters. The van der Waals surface area contributed by atoms with Crippen molar-refractivity contribution in [3.05, 3.63) is 22.7 Å². The Morgan fingerprint density at radius 1 is 1.55 bits per heavy atom. The SMILES string of the molecule is COc1cc(NC(=O)CSCC#N)c(Cl)cc1C(=O)O. The van der Waals surface area contributed by atoms with Gasteiger partial charge in [-0.3, -0.25) is 4.79 Å².